The van der Waals surface area contributed by atoms with E-state index in [1.807, 2.05) is 30.3 Å². The second-order valence-corrected chi connectivity index (χ2v) is 5.10. The van der Waals surface area contributed by atoms with E-state index >= 15 is 0 Å². The van der Waals surface area contributed by atoms with E-state index in [1.54, 1.807) is 0 Å². The van der Waals surface area contributed by atoms with Gasteiger partial charge in [0.25, 0.3) is 0 Å². The zero-order valence-electron chi connectivity index (χ0n) is 11.2. The van der Waals surface area contributed by atoms with Crippen molar-refractivity contribution in [1.82, 2.24) is 0 Å². The second kappa shape index (κ2) is 6.83. The monoisotopic (exact) mass is 295 g/mol. The Morgan fingerprint density at radius 1 is 1.05 bits per heavy atom. The van der Waals surface area contributed by atoms with Crippen LogP contribution < -0.4 is 5.73 Å². The average Bonchev–Trinajstić information content (AvgIpc) is 2.38. The van der Waals surface area contributed by atoms with Gasteiger partial charge in [0.15, 0.2) is 0 Å². The molecule has 1 nitrogen and oxygen atoms in total. The fraction of sp³-hybridized carbons (Fsp3) is 0.250. The van der Waals surface area contributed by atoms with Crippen LogP contribution in [-0.4, -0.2) is 0 Å². The minimum absolute atomic E-state index is 0. The summed E-state index contributed by atoms with van der Waals surface area (Å²) in [6, 6.07) is 14.1. The maximum atomic E-state index is 6.14. The smallest absolute Gasteiger partial charge is 0.0406 e. The summed E-state index contributed by atoms with van der Waals surface area (Å²) in [6.45, 7) is 4.38. The highest BCUT2D eigenvalue weighted by molar-refractivity contribution is 6.30. The average molecular weight is 296 g/mol. The van der Waals surface area contributed by atoms with Crippen LogP contribution in [0.25, 0.3) is 11.1 Å². The number of rotatable bonds is 3. The minimum atomic E-state index is 0. The third-order valence-corrected chi connectivity index (χ3v) is 3.66. The zero-order chi connectivity index (χ0) is 13.1. The molecule has 0 spiro atoms. The van der Waals surface area contributed by atoms with Crippen LogP contribution in [0.3, 0.4) is 0 Å². The Labute approximate surface area is 126 Å². The van der Waals surface area contributed by atoms with Crippen molar-refractivity contribution >= 4 is 29.7 Å². The Balaban J connectivity index is 0.00000180. The first-order valence-corrected chi connectivity index (χ1v) is 6.65. The third-order valence-electron chi connectivity index (χ3n) is 3.41. The van der Waals surface area contributed by atoms with Crippen LogP contribution in [0.4, 0.5) is 5.69 Å². The van der Waals surface area contributed by atoms with Gasteiger partial charge in [-0.1, -0.05) is 49.7 Å². The van der Waals surface area contributed by atoms with E-state index in [2.05, 4.69) is 26.0 Å². The van der Waals surface area contributed by atoms with Crippen molar-refractivity contribution in [2.75, 3.05) is 5.73 Å². The van der Waals surface area contributed by atoms with Crippen LogP contribution in [0.1, 0.15) is 31.7 Å². The Morgan fingerprint density at radius 2 is 1.63 bits per heavy atom. The predicted molar refractivity (Wildman–Crippen MR) is 87.3 cm³/mol. The van der Waals surface area contributed by atoms with Gasteiger partial charge in [-0.15, -0.1) is 12.4 Å². The predicted octanol–water partition coefficient (Wildman–Crippen LogP) is 5.52. The largest absolute Gasteiger partial charge is 0.398 e. The Kier molecular flexibility index (Phi) is 5.71. The second-order valence-electron chi connectivity index (χ2n) is 4.66. The normalized spacial score (nSPS) is 11.7. The van der Waals surface area contributed by atoms with Gasteiger partial charge in [0.2, 0.25) is 0 Å². The fourth-order valence-corrected chi connectivity index (χ4v) is 2.19. The van der Waals surface area contributed by atoms with Crippen LogP contribution in [0, 0.1) is 0 Å². The molecular weight excluding hydrogens is 277 g/mol. The molecule has 1 atom stereocenters. The van der Waals surface area contributed by atoms with Gasteiger partial charge in [0, 0.05) is 10.7 Å². The molecule has 0 radical (unpaired) electrons. The molecule has 0 aliphatic heterocycles. The first kappa shape index (κ1) is 15.9. The summed E-state index contributed by atoms with van der Waals surface area (Å²) in [5.74, 6) is 0.504. The molecule has 0 aromatic heterocycles. The topological polar surface area (TPSA) is 26.0 Å². The maximum Gasteiger partial charge on any atom is 0.0406 e. The van der Waals surface area contributed by atoms with Crippen molar-refractivity contribution in [1.29, 1.82) is 0 Å². The number of hydrogen-bond acceptors (Lipinski definition) is 1. The van der Waals surface area contributed by atoms with Gasteiger partial charge in [0.05, 0.1) is 0 Å². The van der Waals surface area contributed by atoms with Crippen LogP contribution >= 0.6 is 24.0 Å². The van der Waals surface area contributed by atoms with Crippen LogP contribution in [0.2, 0.25) is 5.02 Å². The molecule has 0 fully saturated rings. The standard InChI is InChI=1S/C16H18ClN.ClH/c1-3-11(2)15-9-6-13(10-16(15)18)12-4-7-14(17)8-5-12;/h4-11H,3,18H2,1-2H3;1H. The first-order chi connectivity index (χ1) is 8.61. The van der Waals surface area contributed by atoms with E-state index in [0.29, 0.717) is 5.92 Å². The Hall–Kier alpha value is -1.18. The molecule has 19 heavy (non-hydrogen) atoms. The molecule has 1 unspecified atom stereocenters. The molecule has 0 amide bonds. The molecule has 0 aliphatic carbocycles. The molecule has 2 aromatic carbocycles. The van der Waals surface area contributed by atoms with Gasteiger partial charge in [-0.3, -0.25) is 0 Å². The highest BCUT2D eigenvalue weighted by Crippen LogP contribution is 2.30. The first-order valence-electron chi connectivity index (χ1n) is 6.27. The molecule has 3 heteroatoms. The van der Waals surface area contributed by atoms with E-state index in [4.69, 9.17) is 17.3 Å². The van der Waals surface area contributed by atoms with Crippen molar-refractivity contribution in [2.24, 2.45) is 0 Å². The summed E-state index contributed by atoms with van der Waals surface area (Å²) < 4.78 is 0. The molecule has 0 heterocycles. The van der Waals surface area contributed by atoms with E-state index in [1.165, 1.54) is 5.56 Å². The fourth-order valence-electron chi connectivity index (χ4n) is 2.07. The number of nitrogens with two attached hydrogens (primary N) is 1. The summed E-state index contributed by atoms with van der Waals surface area (Å²) in [5, 5.41) is 0.753. The molecule has 102 valence electrons. The zero-order valence-corrected chi connectivity index (χ0v) is 12.8. The number of halogens is 2. The molecule has 0 aliphatic rings. The van der Waals surface area contributed by atoms with E-state index in [0.717, 1.165) is 28.3 Å². The van der Waals surface area contributed by atoms with Crippen molar-refractivity contribution in [2.45, 2.75) is 26.2 Å². The van der Waals surface area contributed by atoms with Gasteiger partial charge < -0.3 is 5.73 Å². The number of hydrogen-bond donors (Lipinski definition) is 1. The quantitative estimate of drug-likeness (QED) is 0.741. The molecule has 2 aromatic rings. The van der Waals surface area contributed by atoms with Crippen LogP contribution in [0.5, 0.6) is 0 Å². The van der Waals surface area contributed by atoms with Gasteiger partial charge in [-0.25, -0.2) is 0 Å². The Bertz CT molecular complexity index is 535. The minimum Gasteiger partial charge on any atom is -0.398 e. The molecule has 2 N–H and O–H groups in total. The molecule has 0 bridgehead atoms. The van der Waals surface area contributed by atoms with E-state index < -0.39 is 0 Å². The van der Waals surface area contributed by atoms with Gasteiger partial charge in [0.1, 0.15) is 0 Å². The number of nitrogen functional groups attached to an aromatic ring is 1. The summed E-state index contributed by atoms with van der Waals surface area (Å²) in [5.41, 5.74) is 10.5. The van der Waals surface area contributed by atoms with Crippen molar-refractivity contribution in [3.8, 4) is 11.1 Å². The highest BCUT2D eigenvalue weighted by Gasteiger charge is 2.08. The lowest BCUT2D eigenvalue weighted by atomic mass is 9.94. The third kappa shape index (κ3) is 3.65. The summed E-state index contributed by atoms with van der Waals surface area (Å²) >= 11 is 5.89. The van der Waals surface area contributed by atoms with Crippen molar-refractivity contribution in [3.05, 3.63) is 53.1 Å². The Morgan fingerprint density at radius 3 is 2.16 bits per heavy atom. The lowest BCUT2D eigenvalue weighted by Crippen LogP contribution is -1.98. The molecule has 2 rings (SSSR count). The van der Waals surface area contributed by atoms with Gasteiger partial charge in [-0.2, -0.15) is 0 Å². The van der Waals surface area contributed by atoms with Crippen molar-refractivity contribution in [3.63, 3.8) is 0 Å². The summed E-state index contributed by atoms with van der Waals surface area (Å²) in [6.07, 6.45) is 1.10. The maximum absolute atomic E-state index is 6.14. The van der Waals surface area contributed by atoms with Crippen LogP contribution in [-0.2, 0) is 0 Å². The van der Waals surface area contributed by atoms with Crippen molar-refractivity contribution < 1.29 is 0 Å². The highest BCUT2D eigenvalue weighted by atomic mass is 35.5. The van der Waals surface area contributed by atoms with Crippen LogP contribution in [0.15, 0.2) is 42.5 Å². The number of benzene rings is 2. The molecule has 0 saturated carbocycles. The van der Waals surface area contributed by atoms with Gasteiger partial charge in [-0.05, 0) is 47.2 Å². The molecule has 0 saturated heterocycles. The summed E-state index contributed by atoms with van der Waals surface area (Å²) in [4.78, 5) is 0. The van der Waals surface area contributed by atoms with E-state index in [9.17, 15) is 0 Å². The molecular formula is C16H19Cl2N. The lowest BCUT2D eigenvalue weighted by Gasteiger charge is -2.13. The number of anilines is 1. The SMILES string of the molecule is CCC(C)c1ccc(-c2ccc(Cl)cc2)cc1N.Cl. The summed E-state index contributed by atoms with van der Waals surface area (Å²) in [7, 11) is 0. The van der Waals surface area contributed by atoms with Gasteiger partial charge >= 0.3 is 0 Å². The van der Waals surface area contributed by atoms with E-state index in [-0.39, 0.29) is 12.4 Å². The lowest BCUT2D eigenvalue weighted by molar-refractivity contribution is 0.736.